The average molecular weight is 410 g/mol. The molecule has 0 saturated heterocycles. The first-order valence-corrected chi connectivity index (χ1v) is 9.74. The van der Waals surface area contributed by atoms with Gasteiger partial charge in [-0.05, 0) is 25.1 Å². The zero-order valence-corrected chi connectivity index (χ0v) is 16.7. The number of ether oxygens (including phenoxy) is 1. The molecule has 0 atom stereocenters. The zero-order valence-electron chi connectivity index (χ0n) is 16.7. The van der Waals surface area contributed by atoms with Gasteiger partial charge in [0.15, 0.2) is 0 Å². The predicted molar refractivity (Wildman–Crippen MR) is 114 cm³/mol. The lowest BCUT2D eigenvalue weighted by Crippen LogP contribution is -2.08. The Morgan fingerprint density at radius 1 is 0.968 bits per heavy atom. The van der Waals surface area contributed by atoms with Gasteiger partial charge in [-0.25, -0.2) is 19.0 Å². The van der Waals surface area contributed by atoms with Crippen molar-refractivity contribution in [3.8, 4) is 16.9 Å². The molecule has 0 radical (unpaired) electrons. The van der Waals surface area contributed by atoms with E-state index in [1.165, 1.54) is 4.52 Å². The highest BCUT2D eigenvalue weighted by Gasteiger charge is 2.19. The van der Waals surface area contributed by atoms with Gasteiger partial charge in [-0.3, -0.25) is 0 Å². The quantitative estimate of drug-likeness (QED) is 0.411. The van der Waals surface area contributed by atoms with Crippen LogP contribution in [0.4, 0.5) is 0 Å². The molecule has 8 heteroatoms. The van der Waals surface area contributed by atoms with Gasteiger partial charge in [0.05, 0.1) is 11.4 Å². The molecule has 0 unspecified atom stereocenters. The molecule has 0 N–H and O–H groups in total. The van der Waals surface area contributed by atoms with Gasteiger partial charge in [-0.15, -0.1) is 5.10 Å². The predicted octanol–water partition coefficient (Wildman–Crippen LogP) is 3.64. The monoisotopic (exact) mass is 410 g/mol. The van der Waals surface area contributed by atoms with Crippen molar-refractivity contribution < 1.29 is 9.53 Å². The minimum absolute atomic E-state index is 0.0292. The third-order valence-corrected chi connectivity index (χ3v) is 4.83. The maximum absolute atomic E-state index is 12.6. The zero-order chi connectivity index (χ0) is 21.2. The highest BCUT2D eigenvalue weighted by Crippen LogP contribution is 2.24. The topological polar surface area (TPSA) is 87.2 Å². The molecule has 31 heavy (non-hydrogen) atoms. The number of aromatic nitrogens is 6. The number of carbonyl (C=O) groups excluding carboxylic acids is 1. The largest absolute Gasteiger partial charge is 0.455 e. The summed E-state index contributed by atoms with van der Waals surface area (Å²) in [5, 5.41) is 8.93. The van der Waals surface area contributed by atoms with Crippen LogP contribution in [0.5, 0.6) is 0 Å². The highest BCUT2D eigenvalue weighted by atomic mass is 16.5. The number of aryl methyl sites for hydroxylation is 1. The Bertz CT molecular complexity index is 1360. The highest BCUT2D eigenvalue weighted by molar-refractivity contribution is 5.85. The van der Waals surface area contributed by atoms with E-state index in [4.69, 9.17) is 9.84 Å². The SMILES string of the molecule is Cc1ccnc2nc(C(=O)OCc3cn(-c4ccccc4)nc3-c3ccccc3)nn12. The average Bonchev–Trinajstić information content (AvgIpc) is 3.44. The minimum Gasteiger partial charge on any atom is -0.455 e. The molecule has 0 aliphatic rings. The number of nitrogens with zero attached hydrogens (tertiary/aromatic N) is 6. The summed E-state index contributed by atoms with van der Waals surface area (Å²) < 4.78 is 8.83. The third-order valence-electron chi connectivity index (χ3n) is 4.83. The summed E-state index contributed by atoms with van der Waals surface area (Å²) in [5.74, 6) is -0.288. The minimum atomic E-state index is -0.614. The standard InChI is InChI=1S/C23H18N6O2/c1-16-12-13-24-23-25-21(27-29(16)23)22(30)31-15-18-14-28(19-10-6-3-7-11-19)26-20(18)17-8-4-2-5-9-17/h2-14H,15H2,1H3. The number of hydrogen-bond acceptors (Lipinski definition) is 6. The van der Waals surface area contributed by atoms with E-state index >= 15 is 0 Å². The number of esters is 1. The Labute approximate surface area is 177 Å². The first-order chi connectivity index (χ1) is 15.2. The normalized spacial score (nSPS) is 11.0. The number of hydrogen-bond donors (Lipinski definition) is 0. The van der Waals surface area contributed by atoms with Gasteiger partial charge in [0.25, 0.3) is 11.6 Å². The fourth-order valence-electron chi connectivity index (χ4n) is 3.27. The van der Waals surface area contributed by atoms with Crippen LogP contribution in [0.15, 0.2) is 79.1 Å². The van der Waals surface area contributed by atoms with Crippen molar-refractivity contribution in [1.29, 1.82) is 0 Å². The van der Waals surface area contributed by atoms with Crippen molar-refractivity contribution in [3.63, 3.8) is 0 Å². The van der Waals surface area contributed by atoms with Crippen molar-refractivity contribution in [2.75, 3.05) is 0 Å². The van der Waals surface area contributed by atoms with Gasteiger partial charge >= 0.3 is 5.97 Å². The lowest BCUT2D eigenvalue weighted by atomic mass is 10.1. The molecule has 152 valence electrons. The van der Waals surface area contributed by atoms with Gasteiger partial charge in [0, 0.05) is 29.2 Å². The smallest absolute Gasteiger partial charge is 0.378 e. The summed E-state index contributed by atoms with van der Waals surface area (Å²) in [6, 6.07) is 21.4. The molecule has 3 aromatic heterocycles. The van der Waals surface area contributed by atoms with Crippen LogP contribution in [0.1, 0.15) is 21.9 Å². The molecule has 2 aromatic carbocycles. The molecular formula is C23H18N6O2. The van der Waals surface area contributed by atoms with E-state index in [0.29, 0.717) is 5.78 Å². The third kappa shape index (κ3) is 3.66. The Hall–Kier alpha value is -4.33. The van der Waals surface area contributed by atoms with Crippen LogP contribution >= 0.6 is 0 Å². The summed E-state index contributed by atoms with van der Waals surface area (Å²) in [6.45, 7) is 1.90. The van der Waals surface area contributed by atoms with E-state index in [2.05, 4.69) is 15.1 Å². The van der Waals surface area contributed by atoms with Crippen LogP contribution in [0.25, 0.3) is 22.7 Å². The lowest BCUT2D eigenvalue weighted by molar-refractivity contribution is 0.0459. The number of carbonyl (C=O) groups is 1. The fraction of sp³-hybridized carbons (Fsp3) is 0.0870. The van der Waals surface area contributed by atoms with E-state index in [0.717, 1.165) is 28.2 Å². The van der Waals surface area contributed by atoms with Gasteiger partial charge in [-0.2, -0.15) is 10.1 Å². The molecule has 8 nitrogen and oxygen atoms in total. The molecule has 0 aliphatic carbocycles. The number of benzene rings is 2. The molecule has 5 rings (SSSR count). The fourth-order valence-corrected chi connectivity index (χ4v) is 3.27. The van der Waals surface area contributed by atoms with Crippen LogP contribution in [-0.4, -0.2) is 35.3 Å². The van der Waals surface area contributed by atoms with Crippen molar-refractivity contribution >= 4 is 11.7 Å². The number of fused-ring (bicyclic) bond motifs is 1. The lowest BCUT2D eigenvalue weighted by Gasteiger charge is -2.03. The van der Waals surface area contributed by atoms with E-state index < -0.39 is 5.97 Å². The summed E-state index contributed by atoms with van der Waals surface area (Å²) in [5.41, 5.74) is 4.21. The van der Waals surface area contributed by atoms with Gasteiger partial charge in [0.1, 0.15) is 6.61 Å². The molecule has 0 fully saturated rings. The molecule has 0 spiro atoms. The Kier molecular flexibility index (Phi) is 4.72. The summed E-state index contributed by atoms with van der Waals surface area (Å²) in [6.07, 6.45) is 3.49. The Balaban J connectivity index is 1.44. The van der Waals surface area contributed by atoms with Crippen LogP contribution < -0.4 is 0 Å². The van der Waals surface area contributed by atoms with Crippen molar-refractivity contribution in [3.05, 3.63) is 96.2 Å². The second-order valence-electron chi connectivity index (χ2n) is 6.96. The molecule has 0 aliphatic heterocycles. The Morgan fingerprint density at radius 2 is 1.71 bits per heavy atom. The van der Waals surface area contributed by atoms with Crippen molar-refractivity contribution in [2.45, 2.75) is 13.5 Å². The molecular weight excluding hydrogens is 392 g/mol. The second kappa shape index (κ2) is 7.83. The van der Waals surface area contributed by atoms with Crippen LogP contribution in [0, 0.1) is 6.92 Å². The van der Waals surface area contributed by atoms with E-state index in [1.807, 2.05) is 73.8 Å². The maximum Gasteiger partial charge on any atom is 0.378 e. The van der Waals surface area contributed by atoms with Crippen molar-refractivity contribution in [2.24, 2.45) is 0 Å². The van der Waals surface area contributed by atoms with Gasteiger partial charge < -0.3 is 4.74 Å². The number of para-hydroxylation sites is 1. The molecule has 0 bridgehead atoms. The van der Waals surface area contributed by atoms with Crippen LogP contribution in [0.3, 0.4) is 0 Å². The van der Waals surface area contributed by atoms with Crippen molar-refractivity contribution in [1.82, 2.24) is 29.4 Å². The second-order valence-corrected chi connectivity index (χ2v) is 6.96. The summed E-state index contributed by atoms with van der Waals surface area (Å²) in [7, 11) is 0. The first-order valence-electron chi connectivity index (χ1n) is 9.74. The number of rotatable bonds is 5. The first kappa shape index (κ1) is 18.7. The van der Waals surface area contributed by atoms with Crippen LogP contribution in [0.2, 0.25) is 0 Å². The van der Waals surface area contributed by atoms with E-state index in [9.17, 15) is 4.79 Å². The van der Waals surface area contributed by atoms with E-state index in [1.54, 1.807) is 16.9 Å². The maximum atomic E-state index is 12.6. The molecule has 3 heterocycles. The van der Waals surface area contributed by atoms with Crippen LogP contribution in [-0.2, 0) is 11.3 Å². The summed E-state index contributed by atoms with van der Waals surface area (Å²) >= 11 is 0. The van der Waals surface area contributed by atoms with E-state index in [-0.39, 0.29) is 12.4 Å². The molecule has 5 aromatic rings. The summed E-state index contributed by atoms with van der Waals surface area (Å²) in [4.78, 5) is 20.9. The van der Waals surface area contributed by atoms with Gasteiger partial charge in [-0.1, -0.05) is 48.5 Å². The molecule has 0 saturated carbocycles. The van der Waals surface area contributed by atoms with Gasteiger partial charge in [0.2, 0.25) is 0 Å². The Morgan fingerprint density at radius 3 is 2.45 bits per heavy atom. The molecule has 0 amide bonds.